The molecule has 5 nitrogen and oxygen atoms in total. The lowest BCUT2D eigenvalue weighted by molar-refractivity contribution is -0.114. The first-order valence-electron chi connectivity index (χ1n) is 10.0. The molecule has 1 fully saturated rings. The summed E-state index contributed by atoms with van der Waals surface area (Å²) in [6.45, 7) is 4.25. The van der Waals surface area contributed by atoms with Crippen molar-refractivity contribution < 1.29 is 9.59 Å². The molecule has 28 heavy (non-hydrogen) atoms. The molecule has 0 saturated heterocycles. The highest BCUT2D eigenvalue weighted by Gasteiger charge is 2.16. The Bertz CT molecular complexity index is 804. The molecule has 0 radical (unpaired) electrons. The number of anilines is 2. The van der Waals surface area contributed by atoms with E-state index in [1.54, 1.807) is 24.3 Å². The van der Waals surface area contributed by atoms with Gasteiger partial charge in [-0.1, -0.05) is 25.3 Å². The van der Waals surface area contributed by atoms with Crippen molar-refractivity contribution in [3.63, 3.8) is 0 Å². The number of hydrogen-bond acceptors (Lipinski definition) is 3. The van der Waals surface area contributed by atoms with E-state index in [1.165, 1.54) is 19.3 Å². The number of rotatable bonds is 6. The van der Waals surface area contributed by atoms with Crippen LogP contribution in [0.25, 0.3) is 0 Å². The van der Waals surface area contributed by atoms with Crippen LogP contribution in [-0.2, 0) is 4.79 Å². The van der Waals surface area contributed by atoms with Crippen molar-refractivity contribution in [2.45, 2.75) is 52.0 Å². The SMILES string of the molecule is Cc1cc(C)cc(NCC(=O)Nc2ccc(C(=O)NC3CCCCC3)cc2)c1. The molecule has 5 heteroatoms. The first kappa shape index (κ1) is 19.9. The lowest BCUT2D eigenvalue weighted by Crippen LogP contribution is -2.36. The molecule has 0 aromatic heterocycles. The summed E-state index contributed by atoms with van der Waals surface area (Å²) in [5, 5.41) is 9.11. The van der Waals surface area contributed by atoms with Crippen molar-refractivity contribution in [3.8, 4) is 0 Å². The fourth-order valence-corrected chi connectivity index (χ4v) is 3.68. The molecule has 0 spiro atoms. The highest BCUT2D eigenvalue weighted by atomic mass is 16.2. The Morgan fingerprint density at radius 1 is 0.893 bits per heavy atom. The zero-order valence-electron chi connectivity index (χ0n) is 16.7. The van der Waals surface area contributed by atoms with Gasteiger partial charge in [0.25, 0.3) is 5.91 Å². The zero-order valence-corrected chi connectivity index (χ0v) is 16.7. The molecule has 0 unspecified atom stereocenters. The van der Waals surface area contributed by atoms with Crippen LogP contribution in [0.3, 0.4) is 0 Å². The first-order valence-corrected chi connectivity index (χ1v) is 10.0. The fraction of sp³-hybridized carbons (Fsp3) is 0.391. The summed E-state index contributed by atoms with van der Waals surface area (Å²) in [6.07, 6.45) is 5.76. The van der Waals surface area contributed by atoms with E-state index in [-0.39, 0.29) is 24.4 Å². The van der Waals surface area contributed by atoms with E-state index in [1.807, 2.05) is 26.0 Å². The summed E-state index contributed by atoms with van der Waals surface area (Å²) in [5.41, 5.74) is 4.55. The molecular weight excluding hydrogens is 350 g/mol. The molecule has 3 rings (SSSR count). The number of carbonyl (C=O) groups excluding carboxylic acids is 2. The summed E-state index contributed by atoms with van der Waals surface area (Å²) in [7, 11) is 0. The van der Waals surface area contributed by atoms with Gasteiger partial charge in [0, 0.05) is 23.0 Å². The molecule has 1 saturated carbocycles. The average molecular weight is 380 g/mol. The second-order valence-electron chi connectivity index (χ2n) is 7.66. The number of aryl methyl sites for hydroxylation is 2. The minimum Gasteiger partial charge on any atom is -0.376 e. The highest BCUT2D eigenvalue weighted by molar-refractivity contribution is 5.96. The molecule has 0 bridgehead atoms. The van der Waals surface area contributed by atoms with Crippen LogP contribution >= 0.6 is 0 Å². The Morgan fingerprint density at radius 2 is 1.54 bits per heavy atom. The van der Waals surface area contributed by atoms with Crippen LogP contribution in [0.5, 0.6) is 0 Å². The summed E-state index contributed by atoms with van der Waals surface area (Å²) >= 11 is 0. The number of benzene rings is 2. The van der Waals surface area contributed by atoms with Gasteiger partial charge in [0.2, 0.25) is 5.91 Å². The van der Waals surface area contributed by atoms with Gasteiger partial charge in [0.15, 0.2) is 0 Å². The predicted octanol–water partition coefficient (Wildman–Crippen LogP) is 4.42. The number of nitrogens with one attached hydrogen (secondary N) is 3. The van der Waals surface area contributed by atoms with E-state index in [2.05, 4.69) is 22.0 Å². The van der Waals surface area contributed by atoms with Gasteiger partial charge in [-0.05, 0) is 74.2 Å². The molecule has 3 N–H and O–H groups in total. The van der Waals surface area contributed by atoms with Gasteiger partial charge in [-0.15, -0.1) is 0 Å². The Hall–Kier alpha value is -2.82. The third kappa shape index (κ3) is 5.84. The van der Waals surface area contributed by atoms with Crippen LogP contribution in [0.4, 0.5) is 11.4 Å². The highest BCUT2D eigenvalue weighted by Crippen LogP contribution is 2.18. The van der Waals surface area contributed by atoms with E-state index in [0.717, 1.165) is 29.7 Å². The molecule has 148 valence electrons. The van der Waals surface area contributed by atoms with Crippen LogP contribution in [-0.4, -0.2) is 24.4 Å². The molecule has 2 amide bonds. The van der Waals surface area contributed by atoms with Gasteiger partial charge in [-0.25, -0.2) is 0 Å². The molecule has 0 heterocycles. The summed E-state index contributed by atoms with van der Waals surface area (Å²) < 4.78 is 0. The van der Waals surface area contributed by atoms with Gasteiger partial charge in [-0.2, -0.15) is 0 Å². The lowest BCUT2D eigenvalue weighted by Gasteiger charge is -2.22. The Labute approximate surface area is 166 Å². The topological polar surface area (TPSA) is 70.2 Å². The predicted molar refractivity (Wildman–Crippen MR) is 114 cm³/mol. The second-order valence-corrected chi connectivity index (χ2v) is 7.66. The van der Waals surface area contributed by atoms with E-state index in [9.17, 15) is 9.59 Å². The molecule has 1 aliphatic carbocycles. The first-order chi connectivity index (χ1) is 13.5. The fourth-order valence-electron chi connectivity index (χ4n) is 3.68. The van der Waals surface area contributed by atoms with Crippen molar-refractivity contribution >= 4 is 23.2 Å². The summed E-state index contributed by atoms with van der Waals surface area (Å²) in [4.78, 5) is 24.5. The van der Waals surface area contributed by atoms with Gasteiger partial charge in [-0.3, -0.25) is 9.59 Å². The van der Waals surface area contributed by atoms with E-state index in [0.29, 0.717) is 11.3 Å². The normalized spacial score (nSPS) is 14.4. The standard InChI is InChI=1S/C23H29N3O2/c1-16-12-17(2)14-21(13-16)24-15-22(27)25-20-10-8-18(9-11-20)23(28)26-19-6-4-3-5-7-19/h8-14,19,24H,3-7,15H2,1-2H3,(H,25,27)(H,26,28). The van der Waals surface area contributed by atoms with Gasteiger partial charge < -0.3 is 16.0 Å². The number of hydrogen-bond donors (Lipinski definition) is 3. The van der Waals surface area contributed by atoms with Crippen molar-refractivity contribution in [3.05, 3.63) is 59.2 Å². The van der Waals surface area contributed by atoms with Crippen LogP contribution in [0.2, 0.25) is 0 Å². The third-order valence-corrected chi connectivity index (χ3v) is 5.05. The van der Waals surface area contributed by atoms with E-state index < -0.39 is 0 Å². The van der Waals surface area contributed by atoms with Crippen LogP contribution in [0.15, 0.2) is 42.5 Å². The van der Waals surface area contributed by atoms with E-state index in [4.69, 9.17) is 0 Å². The Morgan fingerprint density at radius 3 is 2.18 bits per heavy atom. The Kier molecular flexibility index (Phi) is 6.69. The number of carbonyl (C=O) groups is 2. The lowest BCUT2D eigenvalue weighted by atomic mass is 9.95. The molecule has 2 aromatic carbocycles. The van der Waals surface area contributed by atoms with Crippen LogP contribution in [0, 0.1) is 13.8 Å². The average Bonchev–Trinajstić information content (AvgIpc) is 2.67. The van der Waals surface area contributed by atoms with Crippen molar-refractivity contribution in [2.75, 3.05) is 17.2 Å². The maximum Gasteiger partial charge on any atom is 0.251 e. The molecule has 0 aliphatic heterocycles. The maximum absolute atomic E-state index is 12.4. The molecule has 2 aromatic rings. The smallest absolute Gasteiger partial charge is 0.251 e. The quantitative estimate of drug-likeness (QED) is 0.696. The van der Waals surface area contributed by atoms with Gasteiger partial charge >= 0.3 is 0 Å². The Balaban J connectivity index is 1.49. The largest absolute Gasteiger partial charge is 0.376 e. The minimum atomic E-state index is -0.126. The summed E-state index contributed by atoms with van der Waals surface area (Å²) in [5.74, 6) is -0.167. The number of amides is 2. The van der Waals surface area contributed by atoms with E-state index >= 15 is 0 Å². The zero-order chi connectivity index (χ0) is 19.9. The second kappa shape index (κ2) is 9.40. The van der Waals surface area contributed by atoms with Crippen LogP contribution < -0.4 is 16.0 Å². The van der Waals surface area contributed by atoms with Crippen molar-refractivity contribution in [1.29, 1.82) is 0 Å². The molecule has 0 atom stereocenters. The third-order valence-electron chi connectivity index (χ3n) is 5.05. The van der Waals surface area contributed by atoms with Gasteiger partial charge in [0.1, 0.15) is 0 Å². The monoisotopic (exact) mass is 379 g/mol. The van der Waals surface area contributed by atoms with Gasteiger partial charge in [0.05, 0.1) is 6.54 Å². The molecular formula is C23H29N3O2. The maximum atomic E-state index is 12.4. The minimum absolute atomic E-state index is 0.0405. The van der Waals surface area contributed by atoms with Crippen molar-refractivity contribution in [1.82, 2.24) is 5.32 Å². The van der Waals surface area contributed by atoms with Crippen molar-refractivity contribution in [2.24, 2.45) is 0 Å². The van der Waals surface area contributed by atoms with Crippen LogP contribution in [0.1, 0.15) is 53.6 Å². The molecule has 1 aliphatic rings. The summed E-state index contributed by atoms with van der Waals surface area (Å²) in [6, 6.07) is 13.5.